The molecule has 0 radical (unpaired) electrons. The summed E-state index contributed by atoms with van der Waals surface area (Å²) in [4.78, 5) is 0. The first-order chi connectivity index (χ1) is 10.0. The Morgan fingerprint density at radius 1 is 1.24 bits per heavy atom. The standard InChI is InChI=1S/C17H19BrClNO/c1-4-12-9-14(6-7-16(12)19)21-17-8-5-13(18)10-15(17)11(2)20-3/h5-11,20H,4H2,1-3H3. The van der Waals surface area contributed by atoms with Gasteiger partial charge in [-0.1, -0.05) is 34.5 Å². The SMILES string of the molecule is CCc1cc(Oc2ccc(Br)cc2C(C)NC)ccc1Cl. The van der Waals surface area contributed by atoms with E-state index < -0.39 is 0 Å². The van der Waals surface area contributed by atoms with E-state index in [9.17, 15) is 0 Å². The molecule has 0 fully saturated rings. The second-order valence-corrected chi connectivity index (χ2v) is 6.22. The van der Waals surface area contributed by atoms with Crippen LogP contribution in [0.3, 0.4) is 0 Å². The number of hydrogen-bond acceptors (Lipinski definition) is 2. The van der Waals surface area contributed by atoms with Crippen LogP contribution in [0.2, 0.25) is 5.02 Å². The van der Waals surface area contributed by atoms with Gasteiger partial charge in [0.1, 0.15) is 11.5 Å². The van der Waals surface area contributed by atoms with Gasteiger partial charge < -0.3 is 10.1 Å². The number of aryl methyl sites for hydroxylation is 1. The summed E-state index contributed by atoms with van der Waals surface area (Å²) >= 11 is 9.66. The van der Waals surface area contributed by atoms with Crippen molar-refractivity contribution < 1.29 is 4.74 Å². The van der Waals surface area contributed by atoms with Gasteiger partial charge in [-0.3, -0.25) is 0 Å². The largest absolute Gasteiger partial charge is 0.457 e. The minimum Gasteiger partial charge on any atom is -0.457 e. The van der Waals surface area contributed by atoms with E-state index in [1.54, 1.807) is 0 Å². The molecule has 1 N–H and O–H groups in total. The first-order valence-corrected chi connectivity index (χ1v) is 8.15. The third kappa shape index (κ3) is 4.00. The lowest BCUT2D eigenvalue weighted by atomic mass is 10.1. The molecule has 1 unspecified atom stereocenters. The molecule has 0 amide bonds. The molecule has 0 aromatic heterocycles. The van der Waals surface area contributed by atoms with Gasteiger partial charge in [0.15, 0.2) is 0 Å². The molecule has 2 rings (SSSR count). The summed E-state index contributed by atoms with van der Waals surface area (Å²) in [5.41, 5.74) is 2.20. The van der Waals surface area contributed by atoms with Crippen LogP contribution in [0.1, 0.15) is 31.0 Å². The van der Waals surface area contributed by atoms with Crippen LogP contribution in [0, 0.1) is 0 Å². The van der Waals surface area contributed by atoms with Gasteiger partial charge in [-0.2, -0.15) is 0 Å². The van der Waals surface area contributed by atoms with Gasteiger partial charge in [0.2, 0.25) is 0 Å². The number of halogens is 2. The predicted molar refractivity (Wildman–Crippen MR) is 92.5 cm³/mol. The quantitative estimate of drug-likeness (QED) is 0.727. The van der Waals surface area contributed by atoms with Crippen molar-refractivity contribution in [2.75, 3.05) is 7.05 Å². The van der Waals surface area contributed by atoms with Gasteiger partial charge in [-0.25, -0.2) is 0 Å². The molecule has 0 spiro atoms. The highest BCUT2D eigenvalue weighted by Crippen LogP contribution is 2.33. The van der Waals surface area contributed by atoms with Crippen molar-refractivity contribution in [3.8, 4) is 11.5 Å². The monoisotopic (exact) mass is 367 g/mol. The Morgan fingerprint density at radius 2 is 2.00 bits per heavy atom. The summed E-state index contributed by atoms with van der Waals surface area (Å²) in [7, 11) is 1.94. The van der Waals surface area contributed by atoms with Crippen LogP contribution in [0.15, 0.2) is 40.9 Å². The lowest BCUT2D eigenvalue weighted by Crippen LogP contribution is -2.13. The zero-order valence-electron chi connectivity index (χ0n) is 12.4. The zero-order valence-corrected chi connectivity index (χ0v) is 14.8. The molecule has 1 atom stereocenters. The highest BCUT2D eigenvalue weighted by Gasteiger charge is 2.12. The maximum atomic E-state index is 6.15. The molecule has 0 saturated carbocycles. The van der Waals surface area contributed by atoms with Crippen molar-refractivity contribution in [1.82, 2.24) is 5.32 Å². The van der Waals surface area contributed by atoms with Gasteiger partial charge in [-0.15, -0.1) is 0 Å². The van der Waals surface area contributed by atoms with Gasteiger partial charge in [0.05, 0.1) is 0 Å². The average Bonchev–Trinajstić information content (AvgIpc) is 2.50. The van der Waals surface area contributed by atoms with E-state index in [4.69, 9.17) is 16.3 Å². The van der Waals surface area contributed by atoms with Crippen molar-refractivity contribution in [1.29, 1.82) is 0 Å². The van der Waals surface area contributed by atoms with E-state index in [0.29, 0.717) is 0 Å². The Hall–Kier alpha value is -1.03. The van der Waals surface area contributed by atoms with Gasteiger partial charge in [0.25, 0.3) is 0 Å². The number of hydrogen-bond donors (Lipinski definition) is 1. The zero-order chi connectivity index (χ0) is 15.4. The molecule has 0 aliphatic carbocycles. The molecule has 0 bridgehead atoms. The number of nitrogens with one attached hydrogen (secondary N) is 1. The van der Waals surface area contributed by atoms with Crippen LogP contribution < -0.4 is 10.1 Å². The van der Waals surface area contributed by atoms with E-state index >= 15 is 0 Å². The molecule has 21 heavy (non-hydrogen) atoms. The maximum absolute atomic E-state index is 6.15. The molecule has 0 aliphatic rings. The van der Waals surface area contributed by atoms with Crippen molar-refractivity contribution in [3.63, 3.8) is 0 Å². The average molecular weight is 369 g/mol. The highest BCUT2D eigenvalue weighted by molar-refractivity contribution is 9.10. The Balaban J connectivity index is 2.35. The minimum absolute atomic E-state index is 0.204. The molecule has 2 nitrogen and oxygen atoms in total. The van der Waals surface area contributed by atoms with Crippen LogP contribution in [0.25, 0.3) is 0 Å². The van der Waals surface area contributed by atoms with Crippen molar-refractivity contribution >= 4 is 27.5 Å². The summed E-state index contributed by atoms with van der Waals surface area (Å²) in [6.07, 6.45) is 0.885. The van der Waals surface area contributed by atoms with Gasteiger partial charge >= 0.3 is 0 Å². The van der Waals surface area contributed by atoms with Crippen molar-refractivity contribution in [3.05, 3.63) is 57.0 Å². The van der Waals surface area contributed by atoms with Crippen molar-refractivity contribution in [2.45, 2.75) is 26.3 Å². The van der Waals surface area contributed by atoms with E-state index in [0.717, 1.165) is 38.5 Å². The summed E-state index contributed by atoms with van der Waals surface area (Å²) in [5.74, 6) is 1.66. The van der Waals surface area contributed by atoms with E-state index in [1.807, 2.05) is 37.4 Å². The number of ether oxygens (including phenoxy) is 1. The molecule has 4 heteroatoms. The third-order valence-electron chi connectivity index (χ3n) is 3.50. The molecule has 0 saturated heterocycles. The Kier molecular flexibility index (Phi) is 5.68. The van der Waals surface area contributed by atoms with Gasteiger partial charge in [-0.05, 0) is 62.4 Å². The predicted octanol–water partition coefficient (Wildman–Crippen LogP) is 5.74. The molecule has 112 valence electrons. The Morgan fingerprint density at radius 3 is 2.67 bits per heavy atom. The lowest BCUT2D eigenvalue weighted by molar-refractivity contribution is 0.465. The summed E-state index contributed by atoms with van der Waals surface area (Å²) in [6.45, 7) is 4.19. The fourth-order valence-electron chi connectivity index (χ4n) is 2.12. The van der Waals surface area contributed by atoms with Crippen molar-refractivity contribution in [2.24, 2.45) is 0 Å². The normalized spacial score (nSPS) is 12.2. The fourth-order valence-corrected chi connectivity index (χ4v) is 2.75. The van der Waals surface area contributed by atoms with Gasteiger partial charge in [0, 0.05) is 21.1 Å². The summed E-state index contributed by atoms with van der Waals surface area (Å²) in [6, 6.07) is 12.0. The van der Waals surface area contributed by atoms with Crippen LogP contribution >= 0.6 is 27.5 Å². The molecule has 0 heterocycles. The third-order valence-corrected chi connectivity index (χ3v) is 4.36. The number of rotatable bonds is 5. The molecular formula is C17H19BrClNO. The highest BCUT2D eigenvalue weighted by atomic mass is 79.9. The molecule has 2 aromatic rings. The van der Waals surface area contributed by atoms with Crippen LogP contribution in [0.4, 0.5) is 0 Å². The summed E-state index contributed by atoms with van der Waals surface area (Å²) in [5, 5.41) is 4.03. The van der Waals surface area contributed by atoms with Crippen LogP contribution in [-0.2, 0) is 6.42 Å². The Labute approximate surface area is 139 Å². The Bertz CT molecular complexity index is 630. The maximum Gasteiger partial charge on any atom is 0.132 e. The topological polar surface area (TPSA) is 21.3 Å². The smallest absolute Gasteiger partial charge is 0.132 e. The van der Waals surface area contributed by atoms with E-state index in [-0.39, 0.29) is 6.04 Å². The molecular weight excluding hydrogens is 350 g/mol. The molecule has 2 aromatic carbocycles. The van der Waals surface area contributed by atoms with E-state index in [1.165, 1.54) is 0 Å². The van der Waals surface area contributed by atoms with Crippen LogP contribution in [-0.4, -0.2) is 7.05 Å². The second kappa shape index (κ2) is 7.30. The fraction of sp³-hybridized carbons (Fsp3) is 0.294. The number of benzene rings is 2. The second-order valence-electron chi connectivity index (χ2n) is 4.90. The molecule has 0 aliphatic heterocycles. The van der Waals surface area contributed by atoms with E-state index in [2.05, 4.69) is 41.2 Å². The first kappa shape index (κ1) is 16.3. The van der Waals surface area contributed by atoms with Crippen LogP contribution in [0.5, 0.6) is 11.5 Å². The first-order valence-electron chi connectivity index (χ1n) is 6.98. The summed E-state index contributed by atoms with van der Waals surface area (Å²) < 4.78 is 7.10. The lowest BCUT2D eigenvalue weighted by Gasteiger charge is -2.17. The minimum atomic E-state index is 0.204.